The van der Waals surface area contributed by atoms with Crippen LogP contribution in [0.5, 0.6) is 0 Å². The Labute approximate surface area is 154 Å². The van der Waals surface area contributed by atoms with Crippen LogP contribution in [-0.4, -0.2) is 42.0 Å². The first-order valence-electron chi connectivity index (χ1n) is 8.66. The molecule has 1 heterocycles. The lowest BCUT2D eigenvalue weighted by atomic mass is 10.1. The van der Waals surface area contributed by atoms with Crippen molar-refractivity contribution in [3.05, 3.63) is 70.2 Å². The molecule has 1 fully saturated rings. The highest BCUT2D eigenvalue weighted by Crippen LogP contribution is 2.15. The average molecular weight is 358 g/mol. The second-order valence-electron chi connectivity index (χ2n) is 6.44. The lowest BCUT2D eigenvalue weighted by Gasteiger charge is -2.35. The van der Waals surface area contributed by atoms with Crippen molar-refractivity contribution in [1.82, 2.24) is 15.1 Å². The minimum atomic E-state index is -0.0181. The zero-order valence-electron chi connectivity index (χ0n) is 14.5. The van der Waals surface area contributed by atoms with Crippen LogP contribution in [0.4, 0.5) is 4.79 Å². The highest BCUT2D eigenvalue weighted by molar-refractivity contribution is 6.31. The number of piperazine rings is 1. The number of hydrogen-bond acceptors (Lipinski definition) is 2. The van der Waals surface area contributed by atoms with E-state index in [4.69, 9.17) is 11.6 Å². The minimum absolute atomic E-state index is 0.0181. The summed E-state index contributed by atoms with van der Waals surface area (Å²) in [6.45, 7) is 6.85. The molecule has 25 heavy (non-hydrogen) atoms. The van der Waals surface area contributed by atoms with Crippen molar-refractivity contribution in [3.63, 3.8) is 0 Å². The topological polar surface area (TPSA) is 35.6 Å². The summed E-state index contributed by atoms with van der Waals surface area (Å²) in [6, 6.07) is 16.1. The van der Waals surface area contributed by atoms with Crippen molar-refractivity contribution < 1.29 is 4.79 Å². The molecule has 2 aromatic rings. The Morgan fingerprint density at radius 2 is 1.64 bits per heavy atom. The number of benzene rings is 2. The van der Waals surface area contributed by atoms with Crippen LogP contribution in [0.3, 0.4) is 0 Å². The summed E-state index contributed by atoms with van der Waals surface area (Å²) in [5.74, 6) is 0. The predicted molar refractivity (Wildman–Crippen MR) is 102 cm³/mol. The molecule has 1 N–H and O–H groups in total. The van der Waals surface area contributed by atoms with Gasteiger partial charge in [0.15, 0.2) is 0 Å². The van der Waals surface area contributed by atoms with Gasteiger partial charge in [-0.15, -0.1) is 0 Å². The lowest BCUT2D eigenvalue weighted by molar-refractivity contribution is 0.135. The fourth-order valence-corrected chi connectivity index (χ4v) is 3.26. The van der Waals surface area contributed by atoms with E-state index in [0.717, 1.165) is 38.3 Å². The summed E-state index contributed by atoms with van der Waals surface area (Å²) in [5.41, 5.74) is 3.62. The molecular weight excluding hydrogens is 334 g/mol. The number of carbonyl (C=O) groups is 1. The van der Waals surface area contributed by atoms with Gasteiger partial charge in [-0.2, -0.15) is 0 Å². The monoisotopic (exact) mass is 357 g/mol. The molecule has 2 amide bonds. The van der Waals surface area contributed by atoms with Crippen molar-refractivity contribution in [1.29, 1.82) is 0 Å². The Bertz CT molecular complexity index is 726. The fourth-order valence-electron chi connectivity index (χ4n) is 3.06. The molecule has 0 radical (unpaired) electrons. The van der Waals surface area contributed by atoms with Crippen molar-refractivity contribution in [2.24, 2.45) is 0 Å². The zero-order chi connectivity index (χ0) is 17.6. The maximum absolute atomic E-state index is 12.4. The van der Waals surface area contributed by atoms with E-state index in [1.165, 1.54) is 11.1 Å². The van der Waals surface area contributed by atoms with Gasteiger partial charge in [0.2, 0.25) is 0 Å². The highest BCUT2D eigenvalue weighted by Gasteiger charge is 2.21. The number of amides is 2. The van der Waals surface area contributed by atoms with Gasteiger partial charge in [-0.25, -0.2) is 4.79 Å². The molecule has 0 aliphatic carbocycles. The van der Waals surface area contributed by atoms with E-state index in [1.807, 2.05) is 29.2 Å². The SMILES string of the molecule is Cc1ccccc1CN1CCN(C(=O)NCc2ccccc2Cl)CC1. The molecule has 0 atom stereocenters. The Kier molecular flexibility index (Phi) is 5.95. The smallest absolute Gasteiger partial charge is 0.317 e. The highest BCUT2D eigenvalue weighted by atomic mass is 35.5. The van der Waals surface area contributed by atoms with Crippen LogP contribution in [0, 0.1) is 6.92 Å². The normalized spacial score (nSPS) is 15.2. The summed E-state index contributed by atoms with van der Waals surface area (Å²) in [5, 5.41) is 3.65. The quantitative estimate of drug-likeness (QED) is 0.906. The van der Waals surface area contributed by atoms with Gasteiger partial charge in [0.05, 0.1) is 0 Å². The van der Waals surface area contributed by atoms with Gasteiger partial charge >= 0.3 is 6.03 Å². The third-order valence-electron chi connectivity index (χ3n) is 4.70. The summed E-state index contributed by atoms with van der Waals surface area (Å²) < 4.78 is 0. The fraction of sp³-hybridized carbons (Fsp3) is 0.350. The molecule has 4 nitrogen and oxygen atoms in total. The van der Waals surface area contributed by atoms with Crippen LogP contribution in [0.1, 0.15) is 16.7 Å². The van der Waals surface area contributed by atoms with Gasteiger partial charge < -0.3 is 10.2 Å². The van der Waals surface area contributed by atoms with Crippen molar-refractivity contribution >= 4 is 17.6 Å². The largest absolute Gasteiger partial charge is 0.334 e. The maximum atomic E-state index is 12.4. The van der Waals surface area contributed by atoms with Gasteiger partial charge in [-0.05, 0) is 29.7 Å². The van der Waals surface area contributed by atoms with E-state index in [0.29, 0.717) is 11.6 Å². The summed E-state index contributed by atoms with van der Waals surface area (Å²) in [4.78, 5) is 16.6. The van der Waals surface area contributed by atoms with Crippen LogP contribution in [0.15, 0.2) is 48.5 Å². The molecule has 3 rings (SSSR count). The lowest BCUT2D eigenvalue weighted by Crippen LogP contribution is -2.51. The van der Waals surface area contributed by atoms with Gasteiger partial charge in [0, 0.05) is 44.3 Å². The van der Waals surface area contributed by atoms with E-state index in [1.54, 1.807) is 0 Å². The second-order valence-corrected chi connectivity index (χ2v) is 6.85. The Morgan fingerprint density at radius 3 is 2.32 bits per heavy atom. The number of carbonyl (C=O) groups excluding carboxylic acids is 1. The second kappa shape index (κ2) is 8.37. The van der Waals surface area contributed by atoms with Gasteiger partial charge in [0.1, 0.15) is 0 Å². The molecule has 0 bridgehead atoms. The molecular formula is C20H24ClN3O. The molecule has 1 saturated heterocycles. The molecule has 132 valence electrons. The first-order valence-corrected chi connectivity index (χ1v) is 9.04. The number of rotatable bonds is 4. The predicted octanol–water partition coefficient (Wildman–Crippen LogP) is 3.68. The molecule has 5 heteroatoms. The van der Waals surface area contributed by atoms with E-state index in [2.05, 4.69) is 41.4 Å². The Hall–Kier alpha value is -2.04. The third-order valence-corrected chi connectivity index (χ3v) is 5.07. The van der Waals surface area contributed by atoms with Crippen molar-refractivity contribution in [2.45, 2.75) is 20.0 Å². The number of hydrogen-bond donors (Lipinski definition) is 1. The summed E-state index contributed by atoms with van der Waals surface area (Å²) in [7, 11) is 0. The summed E-state index contributed by atoms with van der Waals surface area (Å²) >= 11 is 6.13. The minimum Gasteiger partial charge on any atom is -0.334 e. The Morgan fingerprint density at radius 1 is 1.00 bits per heavy atom. The van der Waals surface area contributed by atoms with Crippen molar-refractivity contribution in [3.8, 4) is 0 Å². The standard InChI is InChI=1S/C20H24ClN3O/c1-16-6-2-3-8-18(16)15-23-10-12-24(13-11-23)20(25)22-14-17-7-4-5-9-19(17)21/h2-9H,10-15H2,1H3,(H,22,25). The Balaban J connectivity index is 1.46. The number of halogens is 1. The first-order chi connectivity index (χ1) is 12.1. The average Bonchev–Trinajstić information content (AvgIpc) is 2.63. The molecule has 0 unspecified atom stereocenters. The third kappa shape index (κ3) is 4.74. The molecule has 1 aliphatic rings. The van der Waals surface area contributed by atoms with Crippen LogP contribution in [0.25, 0.3) is 0 Å². The van der Waals surface area contributed by atoms with E-state index in [-0.39, 0.29) is 6.03 Å². The van der Waals surface area contributed by atoms with Crippen LogP contribution in [0.2, 0.25) is 5.02 Å². The van der Waals surface area contributed by atoms with Gasteiger partial charge in [-0.3, -0.25) is 4.90 Å². The van der Waals surface area contributed by atoms with E-state index < -0.39 is 0 Å². The maximum Gasteiger partial charge on any atom is 0.317 e. The molecule has 2 aromatic carbocycles. The molecule has 0 saturated carbocycles. The summed E-state index contributed by atoms with van der Waals surface area (Å²) in [6.07, 6.45) is 0. The number of aryl methyl sites for hydroxylation is 1. The van der Waals surface area contributed by atoms with E-state index in [9.17, 15) is 4.79 Å². The molecule has 0 aromatic heterocycles. The van der Waals surface area contributed by atoms with Crippen molar-refractivity contribution in [2.75, 3.05) is 26.2 Å². The van der Waals surface area contributed by atoms with Crippen LogP contribution < -0.4 is 5.32 Å². The van der Waals surface area contributed by atoms with Gasteiger partial charge in [-0.1, -0.05) is 54.1 Å². The van der Waals surface area contributed by atoms with E-state index >= 15 is 0 Å². The zero-order valence-corrected chi connectivity index (χ0v) is 15.3. The van der Waals surface area contributed by atoms with Crippen LogP contribution >= 0.6 is 11.6 Å². The molecule has 1 aliphatic heterocycles. The van der Waals surface area contributed by atoms with Gasteiger partial charge in [0.25, 0.3) is 0 Å². The number of nitrogens with zero attached hydrogens (tertiary/aromatic N) is 2. The first kappa shape index (κ1) is 17.8. The van der Waals surface area contributed by atoms with Crippen LogP contribution in [-0.2, 0) is 13.1 Å². The molecule has 0 spiro atoms. The number of nitrogens with one attached hydrogen (secondary N) is 1. The number of urea groups is 1.